The number of hydrogen-bond donors (Lipinski definition) is 0. The first-order valence-electron chi connectivity index (χ1n) is 5.75. The average molecular weight is 320 g/mol. The number of carbonyl (C=O) groups excluding carboxylic acids is 1. The summed E-state index contributed by atoms with van der Waals surface area (Å²) in [5, 5.41) is -1.79. The lowest BCUT2D eigenvalue weighted by Gasteiger charge is -2.19. The number of halogens is 3. The molecule has 0 N–H and O–H groups in total. The fraction of sp³-hybridized carbons (Fsp3) is 0.357. The molecule has 0 radical (unpaired) electrons. The van der Waals surface area contributed by atoms with Crippen molar-refractivity contribution in [3.63, 3.8) is 0 Å². The summed E-state index contributed by atoms with van der Waals surface area (Å²) in [6, 6.07) is 7.08. The van der Waals surface area contributed by atoms with E-state index in [0.717, 1.165) is 4.90 Å². The number of benzene rings is 1. The minimum atomic E-state index is -4.44. The standard InChI is InChI=1S/C14H15F3OS2/c1-9(18)12(13(20-3)14(15,16)17)8-10-5-4-6-11(7-10)19-2/h4-8,13H,1-3H3/b12-8-. The topological polar surface area (TPSA) is 17.1 Å². The molecule has 0 spiro atoms. The maximum atomic E-state index is 13.0. The van der Waals surface area contributed by atoms with E-state index < -0.39 is 17.2 Å². The maximum Gasteiger partial charge on any atom is 0.404 e. The molecule has 110 valence electrons. The molecule has 0 aliphatic heterocycles. The Labute approximate surface area is 125 Å². The minimum Gasteiger partial charge on any atom is -0.295 e. The molecule has 0 heterocycles. The summed E-state index contributed by atoms with van der Waals surface area (Å²) < 4.78 is 38.9. The molecule has 0 saturated carbocycles. The van der Waals surface area contributed by atoms with Crippen LogP contribution in [-0.2, 0) is 4.79 Å². The van der Waals surface area contributed by atoms with E-state index in [1.807, 2.05) is 12.3 Å². The highest BCUT2D eigenvalue weighted by Gasteiger charge is 2.42. The molecule has 0 aromatic heterocycles. The van der Waals surface area contributed by atoms with Crippen LogP contribution in [0, 0.1) is 0 Å². The van der Waals surface area contributed by atoms with Crippen molar-refractivity contribution in [3.05, 3.63) is 35.4 Å². The van der Waals surface area contributed by atoms with E-state index in [9.17, 15) is 18.0 Å². The van der Waals surface area contributed by atoms with E-state index in [2.05, 4.69) is 0 Å². The molecule has 6 heteroatoms. The van der Waals surface area contributed by atoms with Crippen LogP contribution in [0.5, 0.6) is 0 Å². The molecule has 1 aromatic carbocycles. The molecule has 0 bridgehead atoms. The Morgan fingerprint density at radius 3 is 2.40 bits per heavy atom. The van der Waals surface area contributed by atoms with Crippen molar-refractivity contribution >= 4 is 35.4 Å². The van der Waals surface area contributed by atoms with Gasteiger partial charge in [0.15, 0.2) is 5.78 Å². The van der Waals surface area contributed by atoms with Gasteiger partial charge in [-0.05, 0) is 43.2 Å². The van der Waals surface area contributed by atoms with Gasteiger partial charge in [0, 0.05) is 10.5 Å². The Balaban J connectivity index is 3.25. The predicted molar refractivity (Wildman–Crippen MR) is 80.2 cm³/mol. The molecule has 20 heavy (non-hydrogen) atoms. The van der Waals surface area contributed by atoms with E-state index in [-0.39, 0.29) is 5.57 Å². The summed E-state index contributed by atoms with van der Waals surface area (Å²) >= 11 is 2.12. The first-order chi connectivity index (χ1) is 9.29. The smallest absolute Gasteiger partial charge is 0.295 e. The second kappa shape index (κ2) is 7.22. The van der Waals surface area contributed by atoms with Gasteiger partial charge in [-0.15, -0.1) is 23.5 Å². The second-order valence-electron chi connectivity index (χ2n) is 4.09. The highest BCUT2D eigenvalue weighted by Crippen LogP contribution is 2.35. The molecular formula is C14H15F3OS2. The average Bonchev–Trinajstić information content (AvgIpc) is 2.37. The van der Waals surface area contributed by atoms with Crippen LogP contribution < -0.4 is 0 Å². The van der Waals surface area contributed by atoms with Crippen molar-refractivity contribution in [2.75, 3.05) is 12.5 Å². The van der Waals surface area contributed by atoms with Crippen molar-refractivity contribution in [3.8, 4) is 0 Å². The van der Waals surface area contributed by atoms with Crippen LogP contribution in [-0.4, -0.2) is 29.7 Å². The third-order valence-electron chi connectivity index (χ3n) is 2.64. The van der Waals surface area contributed by atoms with E-state index in [1.54, 1.807) is 18.2 Å². The molecular weight excluding hydrogens is 305 g/mol. The summed E-state index contributed by atoms with van der Waals surface area (Å²) in [5.41, 5.74) is 0.383. The maximum absolute atomic E-state index is 13.0. The van der Waals surface area contributed by atoms with Gasteiger partial charge in [0.05, 0.1) is 0 Å². The molecule has 0 fully saturated rings. The van der Waals surface area contributed by atoms with Crippen molar-refractivity contribution < 1.29 is 18.0 Å². The number of ketones is 1. The van der Waals surface area contributed by atoms with Gasteiger partial charge in [-0.2, -0.15) is 13.2 Å². The predicted octanol–water partition coefficient (Wildman–Crippen LogP) is 4.67. The lowest BCUT2D eigenvalue weighted by molar-refractivity contribution is -0.128. The molecule has 1 aromatic rings. The molecule has 1 nitrogen and oxygen atoms in total. The zero-order chi connectivity index (χ0) is 15.3. The van der Waals surface area contributed by atoms with E-state index >= 15 is 0 Å². The molecule has 0 aliphatic rings. The highest BCUT2D eigenvalue weighted by molar-refractivity contribution is 7.99. The fourth-order valence-electron chi connectivity index (χ4n) is 1.71. The summed E-state index contributed by atoms with van der Waals surface area (Å²) in [4.78, 5) is 12.5. The molecule has 1 unspecified atom stereocenters. The Morgan fingerprint density at radius 1 is 1.30 bits per heavy atom. The summed E-state index contributed by atoms with van der Waals surface area (Å²) in [7, 11) is 0. The summed E-state index contributed by atoms with van der Waals surface area (Å²) in [5.74, 6) is -0.559. The Morgan fingerprint density at radius 2 is 1.95 bits per heavy atom. The Bertz CT molecular complexity index is 509. The van der Waals surface area contributed by atoms with Crippen molar-refractivity contribution in [1.82, 2.24) is 0 Å². The molecule has 0 aliphatic carbocycles. The lowest BCUT2D eigenvalue weighted by Crippen LogP contribution is -2.30. The van der Waals surface area contributed by atoms with E-state index in [4.69, 9.17) is 0 Å². The zero-order valence-corrected chi connectivity index (χ0v) is 13.0. The van der Waals surface area contributed by atoms with E-state index in [0.29, 0.717) is 17.3 Å². The van der Waals surface area contributed by atoms with Crippen molar-refractivity contribution in [2.24, 2.45) is 0 Å². The van der Waals surface area contributed by atoms with Crippen LogP contribution >= 0.6 is 23.5 Å². The van der Waals surface area contributed by atoms with Gasteiger partial charge < -0.3 is 0 Å². The molecule has 0 saturated heterocycles. The van der Waals surface area contributed by atoms with Crippen LogP contribution in [0.3, 0.4) is 0 Å². The number of carbonyl (C=O) groups is 1. The van der Waals surface area contributed by atoms with Crippen LogP contribution in [0.2, 0.25) is 0 Å². The lowest BCUT2D eigenvalue weighted by atomic mass is 10.0. The third kappa shape index (κ3) is 4.59. The normalized spacial score (nSPS) is 14.2. The van der Waals surface area contributed by atoms with Crippen LogP contribution in [0.15, 0.2) is 34.7 Å². The number of Topliss-reactive ketones (excluding diaryl/α,β-unsaturated/α-hetero) is 1. The van der Waals surface area contributed by atoms with Gasteiger partial charge in [0.2, 0.25) is 0 Å². The zero-order valence-electron chi connectivity index (χ0n) is 11.3. The first-order valence-corrected chi connectivity index (χ1v) is 8.27. The number of thioether (sulfide) groups is 2. The van der Waals surface area contributed by atoms with Gasteiger partial charge in [-0.3, -0.25) is 4.79 Å². The van der Waals surface area contributed by atoms with Crippen LogP contribution in [0.4, 0.5) is 13.2 Å². The highest BCUT2D eigenvalue weighted by atomic mass is 32.2. The van der Waals surface area contributed by atoms with Crippen molar-refractivity contribution in [1.29, 1.82) is 0 Å². The third-order valence-corrected chi connectivity index (χ3v) is 4.36. The first kappa shape index (κ1) is 17.2. The van der Waals surface area contributed by atoms with Gasteiger partial charge in [-0.25, -0.2) is 0 Å². The number of hydrogen-bond acceptors (Lipinski definition) is 3. The Hall–Kier alpha value is -0.880. The minimum absolute atomic E-state index is 0.219. The SMILES string of the molecule is CSc1cccc(/C=C(/C(C)=O)C(SC)C(F)(F)F)c1. The largest absolute Gasteiger partial charge is 0.404 e. The summed E-state index contributed by atoms with van der Waals surface area (Å²) in [6.07, 6.45) is 0.132. The Kier molecular flexibility index (Phi) is 6.20. The van der Waals surface area contributed by atoms with Gasteiger partial charge in [-0.1, -0.05) is 12.1 Å². The van der Waals surface area contributed by atoms with Crippen LogP contribution in [0.1, 0.15) is 12.5 Å². The van der Waals surface area contributed by atoms with Gasteiger partial charge >= 0.3 is 6.18 Å². The molecule has 1 rings (SSSR count). The monoisotopic (exact) mass is 320 g/mol. The fourth-order valence-corrected chi connectivity index (χ4v) is 2.93. The number of rotatable bonds is 5. The quantitative estimate of drug-likeness (QED) is 0.579. The summed E-state index contributed by atoms with van der Waals surface area (Å²) in [6.45, 7) is 1.17. The molecule has 1 atom stereocenters. The van der Waals surface area contributed by atoms with Gasteiger partial charge in [0.1, 0.15) is 5.25 Å². The number of alkyl halides is 3. The van der Waals surface area contributed by atoms with Crippen LogP contribution in [0.25, 0.3) is 6.08 Å². The second-order valence-corrected chi connectivity index (χ2v) is 5.91. The molecule has 0 amide bonds. The van der Waals surface area contributed by atoms with Gasteiger partial charge in [0.25, 0.3) is 0 Å². The van der Waals surface area contributed by atoms with Crippen molar-refractivity contribution in [2.45, 2.75) is 23.2 Å². The van der Waals surface area contributed by atoms with E-state index in [1.165, 1.54) is 31.0 Å².